The fraction of sp³-hybridized carbons (Fsp3) is 1.00. The van der Waals surface area contributed by atoms with Gasteiger partial charge in [0.25, 0.3) is 0 Å². The molecular weight excluding hydrogens is 176 g/mol. The molecule has 0 aromatic carbocycles. The molecule has 2 atom stereocenters. The molecule has 0 aliphatic carbocycles. The molecule has 0 aromatic heterocycles. The Kier molecular flexibility index (Phi) is 4.85. The Bertz CT molecular complexity index is 161. The van der Waals surface area contributed by atoms with Crippen molar-refractivity contribution in [2.75, 3.05) is 26.7 Å². The van der Waals surface area contributed by atoms with Crippen LogP contribution < -0.4 is 5.32 Å². The second-order valence-electron chi connectivity index (χ2n) is 4.61. The van der Waals surface area contributed by atoms with Gasteiger partial charge in [0.05, 0.1) is 6.10 Å². The van der Waals surface area contributed by atoms with Gasteiger partial charge in [-0.25, -0.2) is 0 Å². The van der Waals surface area contributed by atoms with E-state index in [9.17, 15) is 0 Å². The molecular formula is C11H24N2O. The molecule has 0 saturated carbocycles. The molecule has 0 amide bonds. The third-order valence-corrected chi connectivity index (χ3v) is 2.76. The number of nitrogens with one attached hydrogen (secondary N) is 1. The average Bonchev–Trinajstić information content (AvgIpc) is 2.51. The normalized spacial score (nSPS) is 25.9. The molecule has 14 heavy (non-hydrogen) atoms. The van der Waals surface area contributed by atoms with Crippen molar-refractivity contribution < 1.29 is 4.74 Å². The smallest absolute Gasteiger partial charge is 0.0670 e. The molecule has 0 spiro atoms. The van der Waals surface area contributed by atoms with Crippen LogP contribution in [0.2, 0.25) is 0 Å². The number of hydrogen-bond donors (Lipinski definition) is 1. The Morgan fingerprint density at radius 3 is 2.71 bits per heavy atom. The Morgan fingerprint density at radius 2 is 2.14 bits per heavy atom. The van der Waals surface area contributed by atoms with Gasteiger partial charge < -0.3 is 10.1 Å². The van der Waals surface area contributed by atoms with Gasteiger partial charge in [0, 0.05) is 32.3 Å². The van der Waals surface area contributed by atoms with Crippen LogP contribution in [0.4, 0.5) is 0 Å². The number of rotatable bonds is 5. The van der Waals surface area contributed by atoms with E-state index in [1.165, 1.54) is 19.5 Å². The lowest BCUT2D eigenvalue weighted by molar-refractivity contribution is 0.0844. The largest absolute Gasteiger partial charge is 0.380 e. The first-order valence-corrected chi connectivity index (χ1v) is 5.63. The van der Waals surface area contributed by atoms with Crippen molar-refractivity contribution in [3.05, 3.63) is 0 Å². The van der Waals surface area contributed by atoms with Crippen LogP contribution in [-0.4, -0.2) is 49.8 Å². The molecule has 1 heterocycles. The van der Waals surface area contributed by atoms with E-state index in [1.54, 1.807) is 7.11 Å². The van der Waals surface area contributed by atoms with Crippen LogP contribution in [0, 0.1) is 0 Å². The summed E-state index contributed by atoms with van der Waals surface area (Å²) >= 11 is 0. The van der Waals surface area contributed by atoms with Gasteiger partial charge in [-0.2, -0.15) is 0 Å². The zero-order valence-electron chi connectivity index (χ0n) is 9.92. The van der Waals surface area contributed by atoms with Crippen LogP contribution >= 0.6 is 0 Å². The SMILES string of the molecule is COC(C)CN1CCC(NC(C)C)C1. The molecule has 1 aliphatic rings. The summed E-state index contributed by atoms with van der Waals surface area (Å²) < 4.78 is 5.27. The molecule has 1 saturated heterocycles. The highest BCUT2D eigenvalue weighted by molar-refractivity contribution is 4.82. The van der Waals surface area contributed by atoms with E-state index in [1.807, 2.05) is 0 Å². The maximum absolute atomic E-state index is 5.27. The lowest BCUT2D eigenvalue weighted by Crippen LogP contribution is -2.38. The average molecular weight is 200 g/mol. The maximum Gasteiger partial charge on any atom is 0.0670 e. The van der Waals surface area contributed by atoms with Crippen LogP contribution in [0.25, 0.3) is 0 Å². The standard InChI is InChI=1S/C11H24N2O/c1-9(2)12-11-5-6-13(8-11)7-10(3)14-4/h9-12H,5-8H2,1-4H3. The summed E-state index contributed by atoms with van der Waals surface area (Å²) in [5.74, 6) is 0. The lowest BCUT2D eigenvalue weighted by atomic mass is 10.2. The summed E-state index contributed by atoms with van der Waals surface area (Å²) in [6.45, 7) is 9.99. The summed E-state index contributed by atoms with van der Waals surface area (Å²) in [7, 11) is 1.78. The van der Waals surface area contributed by atoms with Crippen LogP contribution in [0.1, 0.15) is 27.2 Å². The predicted octanol–water partition coefficient (Wildman–Crippen LogP) is 1.09. The first-order valence-electron chi connectivity index (χ1n) is 5.63. The number of ether oxygens (including phenoxy) is 1. The molecule has 3 nitrogen and oxygen atoms in total. The van der Waals surface area contributed by atoms with Gasteiger partial charge in [-0.15, -0.1) is 0 Å². The third kappa shape index (κ3) is 3.95. The summed E-state index contributed by atoms with van der Waals surface area (Å²) in [4.78, 5) is 2.48. The molecule has 3 heteroatoms. The Labute approximate surface area is 87.8 Å². The van der Waals surface area contributed by atoms with Crippen molar-refractivity contribution in [2.45, 2.75) is 45.4 Å². The van der Waals surface area contributed by atoms with Crippen molar-refractivity contribution in [1.29, 1.82) is 0 Å². The van der Waals surface area contributed by atoms with E-state index < -0.39 is 0 Å². The van der Waals surface area contributed by atoms with Crippen LogP contribution in [0.3, 0.4) is 0 Å². The van der Waals surface area contributed by atoms with Crippen molar-refractivity contribution in [2.24, 2.45) is 0 Å². The number of likely N-dealkylation sites (tertiary alicyclic amines) is 1. The van der Waals surface area contributed by atoms with Gasteiger partial charge in [0.1, 0.15) is 0 Å². The fourth-order valence-electron chi connectivity index (χ4n) is 2.04. The minimum atomic E-state index is 0.354. The third-order valence-electron chi connectivity index (χ3n) is 2.76. The van der Waals surface area contributed by atoms with Crippen molar-refractivity contribution in [1.82, 2.24) is 10.2 Å². The molecule has 0 bridgehead atoms. The van der Waals surface area contributed by atoms with E-state index in [-0.39, 0.29) is 0 Å². The van der Waals surface area contributed by atoms with Crippen molar-refractivity contribution >= 4 is 0 Å². The van der Waals surface area contributed by atoms with Gasteiger partial charge in [-0.3, -0.25) is 4.90 Å². The highest BCUT2D eigenvalue weighted by atomic mass is 16.5. The van der Waals surface area contributed by atoms with E-state index in [0.29, 0.717) is 18.2 Å². The Hall–Kier alpha value is -0.120. The Morgan fingerprint density at radius 1 is 1.43 bits per heavy atom. The topological polar surface area (TPSA) is 24.5 Å². The van der Waals surface area contributed by atoms with E-state index in [2.05, 4.69) is 31.0 Å². The summed E-state index contributed by atoms with van der Waals surface area (Å²) in [6.07, 6.45) is 1.63. The van der Waals surface area contributed by atoms with Crippen LogP contribution in [0.15, 0.2) is 0 Å². The first kappa shape index (κ1) is 12.0. The molecule has 84 valence electrons. The summed E-state index contributed by atoms with van der Waals surface area (Å²) in [5.41, 5.74) is 0. The van der Waals surface area contributed by atoms with E-state index >= 15 is 0 Å². The van der Waals surface area contributed by atoms with Gasteiger partial charge in [-0.05, 0) is 19.9 Å². The minimum Gasteiger partial charge on any atom is -0.380 e. The van der Waals surface area contributed by atoms with Crippen molar-refractivity contribution in [3.8, 4) is 0 Å². The summed E-state index contributed by atoms with van der Waals surface area (Å²) in [6, 6.07) is 1.28. The van der Waals surface area contributed by atoms with Gasteiger partial charge in [-0.1, -0.05) is 13.8 Å². The van der Waals surface area contributed by atoms with E-state index in [4.69, 9.17) is 4.74 Å². The quantitative estimate of drug-likeness (QED) is 0.719. The minimum absolute atomic E-state index is 0.354. The van der Waals surface area contributed by atoms with Crippen molar-refractivity contribution in [3.63, 3.8) is 0 Å². The molecule has 0 aromatic rings. The fourth-order valence-corrected chi connectivity index (χ4v) is 2.04. The predicted molar refractivity (Wildman–Crippen MR) is 59.6 cm³/mol. The first-order chi connectivity index (χ1) is 6.61. The second kappa shape index (κ2) is 5.69. The molecule has 1 fully saturated rings. The van der Waals surface area contributed by atoms with Gasteiger partial charge >= 0.3 is 0 Å². The lowest BCUT2D eigenvalue weighted by Gasteiger charge is -2.20. The number of hydrogen-bond acceptors (Lipinski definition) is 3. The number of nitrogens with zero attached hydrogens (tertiary/aromatic N) is 1. The highest BCUT2D eigenvalue weighted by Gasteiger charge is 2.23. The monoisotopic (exact) mass is 200 g/mol. The Balaban J connectivity index is 2.20. The zero-order valence-corrected chi connectivity index (χ0v) is 9.92. The second-order valence-corrected chi connectivity index (χ2v) is 4.61. The highest BCUT2D eigenvalue weighted by Crippen LogP contribution is 2.10. The zero-order chi connectivity index (χ0) is 10.6. The van der Waals surface area contributed by atoms with Gasteiger partial charge in [0.15, 0.2) is 0 Å². The van der Waals surface area contributed by atoms with E-state index in [0.717, 1.165) is 6.54 Å². The number of methoxy groups -OCH3 is 1. The molecule has 1 N–H and O–H groups in total. The summed E-state index contributed by atoms with van der Waals surface area (Å²) in [5, 5.41) is 3.58. The molecule has 2 unspecified atom stereocenters. The van der Waals surface area contributed by atoms with Crippen LogP contribution in [-0.2, 0) is 4.74 Å². The van der Waals surface area contributed by atoms with Crippen LogP contribution in [0.5, 0.6) is 0 Å². The molecule has 1 aliphatic heterocycles. The van der Waals surface area contributed by atoms with Gasteiger partial charge in [0.2, 0.25) is 0 Å². The maximum atomic E-state index is 5.27. The molecule has 0 radical (unpaired) electrons. The molecule has 1 rings (SSSR count).